The van der Waals surface area contributed by atoms with Crippen molar-refractivity contribution in [2.75, 3.05) is 79.3 Å². The van der Waals surface area contributed by atoms with Crippen LogP contribution in [0.5, 0.6) is 23.0 Å². The van der Waals surface area contributed by atoms with Gasteiger partial charge in [0.25, 0.3) is 0 Å². The van der Waals surface area contributed by atoms with Crippen LogP contribution in [0.3, 0.4) is 0 Å². The molecule has 0 bridgehead atoms. The predicted octanol–water partition coefficient (Wildman–Crippen LogP) is 5.45. The summed E-state index contributed by atoms with van der Waals surface area (Å²) in [5.74, 6) is -19.6. The van der Waals surface area contributed by atoms with Gasteiger partial charge in [0.05, 0.1) is 72.7 Å². The van der Waals surface area contributed by atoms with Gasteiger partial charge in [0.1, 0.15) is 102 Å². The van der Waals surface area contributed by atoms with Gasteiger partial charge in [-0.15, -0.1) is 0 Å². The smallest absolute Gasteiger partial charge is 0.339 e. The first-order valence-electron chi connectivity index (χ1n) is 27.3. The van der Waals surface area contributed by atoms with E-state index in [-0.39, 0.29) is 61.6 Å². The molecule has 0 aliphatic rings. The van der Waals surface area contributed by atoms with Crippen molar-refractivity contribution in [2.45, 2.75) is 20.8 Å². The minimum absolute atomic E-state index is 0.0537. The molecular formula is C62H56O32. The normalized spacial score (nSPS) is 10.5. The molecule has 94 heavy (non-hydrogen) atoms. The van der Waals surface area contributed by atoms with Crippen LogP contribution in [-0.2, 0) is 47.5 Å². The number of carboxylic acids is 6. The number of benzene rings is 5. The molecule has 0 unspecified atom stereocenters. The van der Waals surface area contributed by atoms with Crippen LogP contribution in [0.25, 0.3) is 0 Å². The van der Waals surface area contributed by atoms with E-state index in [1.807, 2.05) is 0 Å². The molecule has 0 saturated carbocycles. The molecule has 0 aliphatic heterocycles. The Hall–Kier alpha value is -12.4. The SMILES string of the molecule is C=C(C)C(=O)OCCOC(=O)c1cc(C(=O)OCCOc2cccc(OCCOC(=O)c3cc(C(=O)OCCOc4cccc(OCCOC(=O)c5cc(C(=O)OCCOC(=O)C(C)C)c(C(=O)O)cc5C(=O)O)c4)c(C(=O)O)cc3C(=O)O)c2)c(C(=O)O)cc1C(=O)O. The molecule has 5 rings (SSSR count). The van der Waals surface area contributed by atoms with Crippen LogP contribution < -0.4 is 18.9 Å². The lowest BCUT2D eigenvalue weighted by Gasteiger charge is -2.14. The fraction of sp³-hybridized carbons (Fsp3) is 0.258. The minimum Gasteiger partial charge on any atom is -0.490 e. The van der Waals surface area contributed by atoms with Gasteiger partial charge >= 0.3 is 83.6 Å². The second-order valence-corrected chi connectivity index (χ2v) is 19.1. The van der Waals surface area contributed by atoms with Crippen LogP contribution in [-0.4, -0.2) is 193 Å². The number of hydrogen-bond acceptors (Lipinski definition) is 26. The number of hydrogen-bond donors (Lipinski definition) is 6. The van der Waals surface area contributed by atoms with Crippen LogP contribution in [0.15, 0.2) is 97.1 Å². The molecule has 0 heterocycles. The zero-order valence-corrected chi connectivity index (χ0v) is 49.7. The number of carbonyl (C=O) groups is 14. The Morgan fingerprint density at radius 2 is 0.511 bits per heavy atom. The molecule has 0 radical (unpaired) electrons. The van der Waals surface area contributed by atoms with Crippen molar-refractivity contribution in [3.8, 4) is 23.0 Å². The molecule has 496 valence electrons. The maximum atomic E-state index is 13.3. The number of carboxylic acid groups (broad SMARTS) is 6. The monoisotopic (exact) mass is 1310 g/mol. The van der Waals surface area contributed by atoms with Crippen LogP contribution in [0, 0.1) is 5.92 Å². The predicted molar refractivity (Wildman–Crippen MR) is 309 cm³/mol. The van der Waals surface area contributed by atoms with Crippen LogP contribution in [0.1, 0.15) is 145 Å². The number of aromatic carboxylic acids is 6. The van der Waals surface area contributed by atoms with Gasteiger partial charge in [-0.2, -0.15) is 0 Å². The molecule has 32 nitrogen and oxygen atoms in total. The quantitative estimate of drug-likeness (QED) is 0.0126. The van der Waals surface area contributed by atoms with Gasteiger partial charge < -0.3 is 87.5 Å². The van der Waals surface area contributed by atoms with Gasteiger partial charge in [-0.3, -0.25) is 4.79 Å². The molecule has 0 fully saturated rings. The van der Waals surface area contributed by atoms with Crippen molar-refractivity contribution in [1.82, 2.24) is 0 Å². The Labute approximate surface area is 529 Å². The first-order valence-corrected chi connectivity index (χ1v) is 27.3. The molecule has 0 aliphatic carbocycles. The molecule has 6 N–H and O–H groups in total. The van der Waals surface area contributed by atoms with Crippen molar-refractivity contribution >= 4 is 83.6 Å². The van der Waals surface area contributed by atoms with E-state index in [1.165, 1.54) is 55.5 Å². The fourth-order valence-corrected chi connectivity index (χ4v) is 7.66. The zero-order valence-electron chi connectivity index (χ0n) is 49.7. The summed E-state index contributed by atoms with van der Waals surface area (Å²) in [6.07, 6.45) is 0. The summed E-state index contributed by atoms with van der Waals surface area (Å²) in [6.45, 7) is 2.47. The Morgan fingerprint density at radius 3 is 0.723 bits per heavy atom. The lowest BCUT2D eigenvalue weighted by atomic mass is 9.98. The standard InChI is InChI=1S/C62H56O32/c1-31(2)55(75)87-19-21-93-61(81)47-29-45(39(51(67)68)26-41(47)53(71)72)59(79)91-17-13-85-35-9-5-7-33(23-35)83-11-15-89-57(77)43-28-44(38(50(65)66)25-37(43)49(63)64)58(78)90-16-12-84-34-8-6-10-36(24-34)86-14-18-92-60(80)46-30-48(42(54(73)74)27-40(46)52(69)70)62(82)94-22-20-88-56(76)32(3)4/h5-10,23-30,32H,1,11-22H2,2-4H3,(H,63,64)(H,65,66)(H,67,68)(H,69,70)(H,71,72)(H,73,74). The number of ether oxygens (including phenoxy) is 12. The summed E-state index contributed by atoms with van der Waals surface area (Å²) in [5.41, 5.74) is -9.26. The average Bonchev–Trinajstić information content (AvgIpc) is 0.809. The lowest BCUT2D eigenvalue weighted by Crippen LogP contribution is -2.21. The van der Waals surface area contributed by atoms with Crippen molar-refractivity contribution in [1.29, 1.82) is 0 Å². The zero-order chi connectivity index (χ0) is 69.3. The molecule has 0 atom stereocenters. The van der Waals surface area contributed by atoms with E-state index in [1.54, 1.807) is 13.8 Å². The van der Waals surface area contributed by atoms with Crippen LogP contribution in [0.4, 0.5) is 0 Å². The highest BCUT2D eigenvalue weighted by atomic mass is 16.6. The second kappa shape index (κ2) is 34.6. The largest absolute Gasteiger partial charge is 0.490 e. The van der Waals surface area contributed by atoms with E-state index >= 15 is 0 Å². The molecule has 5 aromatic carbocycles. The summed E-state index contributed by atoms with van der Waals surface area (Å²) < 4.78 is 62.7. The highest BCUT2D eigenvalue weighted by molar-refractivity contribution is 6.12. The molecule has 5 aromatic rings. The van der Waals surface area contributed by atoms with Gasteiger partial charge in [-0.25, -0.2) is 62.3 Å². The van der Waals surface area contributed by atoms with E-state index < -0.39 is 202 Å². The number of esters is 8. The van der Waals surface area contributed by atoms with Crippen molar-refractivity contribution in [3.63, 3.8) is 0 Å². The van der Waals surface area contributed by atoms with Crippen molar-refractivity contribution in [2.24, 2.45) is 5.92 Å². The fourth-order valence-electron chi connectivity index (χ4n) is 7.66. The maximum absolute atomic E-state index is 13.3. The third-order valence-electron chi connectivity index (χ3n) is 12.1. The van der Waals surface area contributed by atoms with Crippen LogP contribution in [0.2, 0.25) is 0 Å². The van der Waals surface area contributed by atoms with Gasteiger partial charge in [0.15, 0.2) is 0 Å². The van der Waals surface area contributed by atoms with E-state index in [9.17, 15) is 97.8 Å². The van der Waals surface area contributed by atoms with Gasteiger partial charge in [-0.1, -0.05) is 32.6 Å². The van der Waals surface area contributed by atoms with E-state index in [0.29, 0.717) is 36.4 Å². The van der Waals surface area contributed by atoms with Crippen molar-refractivity contribution < 1.29 is 155 Å². The molecule has 0 saturated heterocycles. The first kappa shape index (κ1) is 72.4. The number of carbonyl (C=O) groups excluding carboxylic acids is 8. The highest BCUT2D eigenvalue weighted by Crippen LogP contribution is 2.26. The summed E-state index contributed by atoms with van der Waals surface area (Å²) in [6, 6.07) is 15.2. The van der Waals surface area contributed by atoms with Gasteiger partial charge in [-0.05, 0) is 67.6 Å². The van der Waals surface area contributed by atoms with E-state index in [2.05, 4.69) is 6.58 Å². The molecule has 32 heteroatoms. The second-order valence-electron chi connectivity index (χ2n) is 19.1. The summed E-state index contributed by atoms with van der Waals surface area (Å²) in [5, 5.41) is 58.6. The van der Waals surface area contributed by atoms with Crippen molar-refractivity contribution in [3.05, 3.63) is 164 Å². The summed E-state index contributed by atoms with van der Waals surface area (Å²) in [7, 11) is 0. The summed E-state index contributed by atoms with van der Waals surface area (Å²) in [4.78, 5) is 174. The van der Waals surface area contributed by atoms with E-state index in [4.69, 9.17) is 56.8 Å². The molecular weight excluding hydrogens is 1260 g/mol. The molecule has 0 amide bonds. The third-order valence-corrected chi connectivity index (χ3v) is 12.1. The minimum atomic E-state index is -1.77. The molecule has 0 spiro atoms. The Kier molecular flexibility index (Phi) is 26.6. The Balaban J connectivity index is 1.11. The Bertz CT molecular complexity index is 3800. The summed E-state index contributed by atoms with van der Waals surface area (Å²) >= 11 is 0. The van der Waals surface area contributed by atoms with Gasteiger partial charge in [0, 0.05) is 17.7 Å². The van der Waals surface area contributed by atoms with Gasteiger partial charge in [0.2, 0.25) is 0 Å². The Morgan fingerprint density at radius 1 is 0.309 bits per heavy atom. The molecule has 0 aromatic heterocycles. The first-order chi connectivity index (χ1) is 44.6. The number of rotatable bonds is 36. The lowest BCUT2D eigenvalue weighted by molar-refractivity contribution is -0.148. The topological polar surface area (TPSA) is 471 Å². The van der Waals surface area contributed by atoms with Crippen LogP contribution >= 0.6 is 0 Å². The van der Waals surface area contributed by atoms with E-state index in [0.717, 1.165) is 0 Å². The highest BCUT2D eigenvalue weighted by Gasteiger charge is 2.31. The average molecular weight is 1310 g/mol. The maximum Gasteiger partial charge on any atom is 0.339 e. The third kappa shape index (κ3) is 20.9.